The van der Waals surface area contributed by atoms with E-state index in [4.69, 9.17) is 32.7 Å². The summed E-state index contributed by atoms with van der Waals surface area (Å²) in [4.78, 5) is 14.9. The number of methoxy groups -OCH3 is 1. The molecule has 180 valence electrons. The lowest BCUT2D eigenvalue weighted by Crippen LogP contribution is -2.46. The first-order valence-electron chi connectivity index (χ1n) is 9.68. The molecule has 0 radical (unpaired) electrons. The molecule has 0 fully saturated rings. The lowest BCUT2D eigenvalue weighted by atomic mass is 9.78. The van der Waals surface area contributed by atoms with Crippen molar-refractivity contribution >= 4 is 29.2 Å². The largest absolute Gasteiger partial charge is 0.496 e. The molecule has 2 aromatic carbocycles. The molecule has 2 N–H and O–H groups in total. The Morgan fingerprint density at radius 2 is 1.71 bits per heavy atom. The van der Waals surface area contributed by atoms with Gasteiger partial charge in [-0.3, -0.25) is 0 Å². The van der Waals surface area contributed by atoms with Crippen LogP contribution in [0.5, 0.6) is 17.2 Å². The molecule has 3 rings (SSSR count). The van der Waals surface area contributed by atoms with Crippen LogP contribution in [0.3, 0.4) is 0 Å². The summed E-state index contributed by atoms with van der Waals surface area (Å²) in [6.45, 7) is 1.18. The summed E-state index contributed by atoms with van der Waals surface area (Å²) < 4.78 is 53.3. The Morgan fingerprint density at radius 1 is 1.06 bits per heavy atom. The minimum Gasteiger partial charge on any atom is -0.496 e. The number of benzene rings is 2. The van der Waals surface area contributed by atoms with Gasteiger partial charge in [-0.25, -0.2) is 9.78 Å². The van der Waals surface area contributed by atoms with Gasteiger partial charge < -0.3 is 19.7 Å². The van der Waals surface area contributed by atoms with Gasteiger partial charge in [0.2, 0.25) is 0 Å². The summed E-state index contributed by atoms with van der Waals surface area (Å²) in [7, 11) is 1.29. The van der Waals surface area contributed by atoms with Gasteiger partial charge in [0.1, 0.15) is 28.0 Å². The van der Waals surface area contributed by atoms with E-state index < -0.39 is 29.2 Å². The van der Waals surface area contributed by atoms with Crippen LogP contribution in [0.25, 0.3) is 0 Å². The first-order chi connectivity index (χ1) is 15.9. The van der Waals surface area contributed by atoms with E-state index >= 15 is 0 Å². The lowest BCUT2D eigenvalue weighted by Gasteiger charge is -2.37. The van der Waals surface area contributed by atoms with E-state index in [0.717, 1.165) is 18.3 Å². The number of nitrogens with zero attached hydrogens (tertiary/aromatic N) is 1. The third-order valence-electron chi connectivity index (χ3n) is 5.30. The molecule has 1 aromatic heterocycles. The number of halogens is 5. The van der Waals surface area contributed by atoms with Crippen molar-refractivity contribution in [3.8, 4) is 17.2 Å². The lowest BCUT2D eigenvalue weighted by molar-refractivity contribution is -0.274. The Labute approximate surface area is 202 Å². The van der Waals surface area contributed by atoms with Crippen LogP contribution in [0.4, 0.5) is 13.2 Å². The molecule has 0 spiro atoms. The van der Waals surface area contributed by atoms with Gasteiger partial charge in [0.05, 0.1) is 7.11 Å². The fourth-order valence-electron chi connectivity index (χ4n) is 3.49. The molecule has 3 aromatic rings. The Hall–Kier alpha value is -3.01. The first kappa shape index (κ1) is 25.6. The Balaban J connectivity index is 2.03. The maximum atomic E-state index is 14.2. The summed E-state index contributed by atoms with van der Waals surface area (Å²) in [5.74, 6) is -2.46. The maximum Gasteiger partial charge on any atom is 0.422 e. The fraction of sp³-hybridized carbons (Fsp3) is 0.217. The molecule has 2 atom stereocenters. The molecule has 0 saturated carbocycles. The van der Waals surface area contributed by atoms with Crippen LogP contribution in [0.15, 0.2) is 54.7 Å². The van der Waals surface area contributed by atoms with Gasteiger partial charge in [-0.2, -0.15) is 13.2 Å². The highest BCUT2D eigenvalue weighted by Crippen LogP contribution is 2.50. The number of alkyl halides is 3. The van der Waals surface area contributed by atoms with E-state index in [0.29, 0.717) is 0 Å². The SMILES string of the molecule is COc1cc(Oc2ccc(Cl)c(C(C)C(O)(c3ccnc(Cl)c3)C(F)(F)F)c2)ccc1C(=O)O. The van der Waals surface area contributed by atoms with Crippen molar-refractivity contribution < 1.29 is 37.7 Å². The number of rotatable bonds is 7. The van der Waals surface area contributed by atoms with Crippen molar-refractivity contribution in [2.45, 2.75) is 24.6 Å². The summed E-state index contributed by atoms with van der Waals surface area (Å²) in [5.41, 5.74) is -3.97. The normalized spacial score (nSPS) is 14.2. The number of aromatic nitrogens is 1. The zero-order chi connectivity index (χ0) is 25.3. The molecule has 0 aliphatic heterocycles. The van der Waals surface area contributed by atoms with Gasteiger partial charge in [-0.1, -0.05) is 30.1 Å². The van der Waals surface area contributed by atoms with Crippen molar-refractivity contribution in [2.75, 3.05) is 7.11 Å². The second kappa shape index (κ2) is 9.69. The number of carboxylic acid groups (broad SMARTS) is 1. The number of carboxylic acids is 1. The Morgan fingerprint density at radius 3 is 2.29 bits per heavy atom. The molecule has 6 nitrogen and oxygen atoms in total. The van der Waals surface area contributed by atoms with Gasteiger partial charge in [0, 0.05) is 23.2 Å². The van der Waals surface area contributed by atoms with Gasteiger partial charge in [-0.15, -0.1) is 0 Å². The van der Waals surface area contributed by atoms with Crippen LogP contribution in [0, 0.1) is 0 Å². The minimum absolute atomic E-state index is 0.0264. The smallest absolute Gasteiger partial charge is 0.422 e. The van der Waals surface area contributed by atoms with E-state index in [9.17, 15) is 28.2 Å². The number of aromatic carboxylic acids is 1. The summed E-state index contributed by atoms with van der Waals surface area (Å²) >= 11 is 12.0. The average molecular weight is 516 g/mol. The van der Waals surface area contributed by atoms with Gasteiger partial charge >= 0.3 is 12.1 Å². The maximum absolute atomic E-state index is 14.2. The predicted octanol–water partition coefficient (Wildman–Crippen LogP) is 6.44. The van der Waals surface area contributed by atoms with Crippen molar-refractivity contribution in [2.24, 2.45) is 0 Å². The van der Waals surface area contributed by atoms with E-state index in [2.05, 4.69) is 4.98 Å². The van der Waals surface area contributed by atoms with Crippen LogP contribution in [0.1, 0.15) is 34.3 Å². The highest BCUT2D eigenvalue weighted by Gasteiger charge is 2.59. The van der Waals surface area contributed by atoms with E-state index in [1.165, 1.54) is 50.4 Å². The quantitative estimate of drug-likeness (QED) is 0.352. The third-order valence-corrected chi connectivity index (χ3v) is 5.85. The summed E-state index contributed by atoms with van der Waals surface area (Å²) in [6, 6.07) is 9.96. The molecule has 0 aliphatic rings. The zero-order valence-corrected chi connectivity index (χ0v) is 19.2. The molecule has 1 heterocycles. The molecule has 2 unspecified atom stereocenters. The number of carbonyl (C=O) groups is 1. The Bertz CT molecular complexity index is 1220. The highest BCUT2D eigenvalue weighted by atomic mass is 35.5. The second-order valence-corrected chi connectivity index (χ2v) is 8.10. The molecular formula is C23H18Cl2F3NO5. The number of hydrogen-bond donors (Lipinski definition) is 2. The minimum atomic E-state index is -5.09. The van der Waals surface area contributed by atoms with Crippen LogP contribution < -0.4 is 9.47 Å². The van der Waals surface area contributed by atoms with Crippen molar-refractivity contribution in [1.29, 1.82) is 0 Å². The fourth-order valence-corrected chi connectivity index (χ4v) is 3.94. The predicted molar refractivity (Wildman–Crippen MR) is 119 cm³/mol. The van der Waals surface area contributed by atoms with E-state index in [-0.39, 0.29) is 38.6 Å². The molecule has 0 aliphatic carbocycles. The van der Waals surface area contributed by atoms with Crippen LogP contribution in [-0.4, -0.2) is 34.5 Å². The van der Waals surface area contributed by atoms with Crippen molar-refractivity contribution in [3.05, 3.63) is 81.6 Å². The Kier molecular flexibility index (Phi) is 7.30. The monoisotopic (exact) mass is 515 g/mol. The van der Waals surface area contributed by atoms with E-state index in [1.807, 2.05) is 0 Å². The second-order valence-electron chi connectivity index (χ2n) is 7.31. The van der Waals surface area contributed by atoms with Gasteiger partial charge in [0.25, 0.3) is 0 Å². The van der Waals surface area contributed by atoms with Crippen LogP contribution >= 0.6 is 23.2 Å². The molecule has 11 heteroatoms. The number of aliphatic hydroxyl groups is 1. The molecule has 34 heavy (non-hydrogen) atoms. The first-order valence-corrected chi connectivity index (χ1v) is 10.4. The number of ether oxygens (including phenoxy) is 2. The van der Waals surface area contributed by atoms with Crippen molar-refractivity contribution in [3.63, 3.8) is 0 Å². The zero-order valence-electron chi connectivity index (χ0n) is 17.7. The van der Waals surface area contributed by atoms with Crippen LogP contribution in [-0.2, 0) is 5.60 Å². The standard InChI is InChI=1S/C23H18Cl2F3NO5/c1-12(22(32,23(26,27)28)13-7-8-29-20(25)9-13)17-10-14(4-6-18(17)24)34-15-3-5-16(21(30)31)19(11-15)33-2/h3-12,32H,1-2H3,(H,30,31). The molecular weight excluding hydrogens is 498 g/mol. The van der Waals surface area contributed by atoms with Gasteiger partial charge in [-0.05, 0) is 53.6 Å². The molecule has 0 saturated heterocycles. The number of hydrogen-bond acceptors (Lipinski definition) is 5. The third kappa shape index (κ3) is 4.91. The van der Waals surface area contributed by atoms with Gasteiger partial charge in [0.15, 0.2) is 5.60 Å². The highest BCUT2D eigenvalue weighted by molar-refractivity contribution is 6.31. The topological polar surface area (TPSA) is 88.9 Å². The number of pyridine rings is 1. The molecule has 0 amide bonds. The summed E-state index contributed by atoms with van der Waals surface area (Å²) in [6.07, 6.45) is -4.02. The van der Waals surface area contributed by atoms with Crippen molar-refractivity contribution in [1.82, 2.24) is 4.98 Å². The summed E-state index contributed by atoms with van der Waals surface area (Å²) in [5, 5.41) is 19.9. The molecule has 0 bridgehead atoms. The van der Waals surface area contributed by atoms with Crippen LogP contribution in [0.2, 0.25) is 10.2 Å². The average Bonchev–Trinajstić information content (AvgIpc) is 2.78. The van der Waals surface area contributed by atoms with E-state index in [1.54, 1.807) is 0 Å².